The van der Waals surface area contributed by atoms with E-state index in [1.54, 1.807) is 18.3 Å². The molecule has 0 unspecified atom stereocenters. The number of halogens is 1. The van der Waals surface area contributed by atoms with E-state index in [4.69, 9.17) is 0 Å². The largest absolute Gasteiger partial charge is 0.262 e. The molecule has 0 N–H and O–H groups in total. The van der Waals surface area contributed by atoms with Crippen LogP contribution < -0.4 is 0 Å². The average Bonchev–Trinajstić information content (AvgIpc) is 2.29. The number of rotatable bonds is 2. The Morgan fingerprint density at radius 2 is 1.80 bits per heavy atom. The molecule has 0 bridgehead atoms. The molecule has 2 aromatic rings. The molecule has 1 nitrogen and oxygen atoms in total. The number of benzene rings is 1. The SMILES string of the molecule is Fc1cnccc1/C=C/c1ccccc1. The molecule has 0 amide bonds. The standard InChI is InChI=1S/C13H10FN/c14-13-10-15-9-8-12(13)7-6-11-4-2-1-3-5-11/h1-10H/b7-6+. The summed E-state index contributed by atoms with van der Waals surface area (Å²) in [5.41, 5.74) is 1.60. The van der Waals surface area contributed by atoms with Crippen molar-refractivity contribution >= 4 is 12.2 Å². The zero-order valence-corrected chi connectivity index (χ0v) is 8.10. The van der Waals surface area contributed by atoms with E-state index in [0.717, 1.165) is 5.56 Å². The molecule has 0 aliphatic carbocycles. The lowest BCUT2D eigenvalue weighted by molar-refractivity contribution is 0.618. The lowest BCUT2D eigenvalue weighted by atomic mass is 10.1. The predicted molar refractivity (Wildman–Crippen MR) is 59.6 cm³/mol. The molecule has 1 aromatic carbocycles. The van der Waals surface area contributed by atoms with Crippen molar-refractivity contribution in [3.8, 4) is 0 Å². The van der Waals surface area contributed by atoms with Crippen LogP contribution in [0.5, 0.6) is 0 Å². The van der Waals surface area contributed by atoms with Crippen molar-refractivity contribution in [2.75, 3.05) is 0 Å². The molecule has 0 fully saturated rings. The summed E-state index contributed by atoms with van der Waals surface area (Å²) in [4.78, 5) is 3.69. The molecule has 1 heterocycles. The fourth-order valence-corrected chi connectivity index (χ4v) is 1.27. The highest BCUT2D eigenvalue weighted by Crippen LogP contribution is 2.10. The quantitative estimate of drug-likeness (QED) is 0.722. The highest BCUT2D eigenvalue weighted by molar-refractivity contribution is 5.69. The molecule has 0 atom stereocenters. The van der Waals surface area contributed by atoms with Crippen molar-refractivity contribution < 1.29 is 4.39 Å². The first-order chi connectivity index (χ1) is 7.36. The maximum atomic E-state index is 13.2. The van der Waals surface area contributed by atoms with E-state index in [1.807, 2.05) is 36.4 Å². The first-order valence-electron chi connectivity index (χ1n) is 4.69. The zero-order chi connectivity index (χ0) is 10.5. The summed E-state index contributed by atoms with van der Waals surface area (Å²) in [5, 5.41) is 0. The van der Waals surface area contributed by atoms with Gasteiger partial charge in [0, 0.05) is 11.8 Å². The van der Waals surface area contributed by atoms with Gasteiger partial charge in [-0.1, -0.05) is 42.5 Å². The Hall–Kier alpha value is -1.96. The van der Waals surface area contributed by atoms with Crippen LogP contribution in [-0.4, -0.2) is 4.98 Å². The number of pyridine rings is 1. The van der Waals surface area contributed by atoms with Gasteiger partial charge < -0.3 is 0 Å². The Labute approximate surface area is 87.9 Å². The molecule has 0 saturated heterocycles. The molecule has 0 radical (unpaired) electrons. The van der Waals surface area contributed by atoms with Gasteiger partial charge >= 0.3 is 0 Å². The minimum absolute atomic E-state index is 0.301. The Morgan fingerprint density at radius 3 is 2.53 bits per heavy atom. The molecule has 74 valence electrons. The Bertz CT molecular complexity index is 463. The van der Waals surface area contributed by atoms with Gasteiger partial charge in [-0.3, -0.25) is 4.98 Å². The third kappa shape index (κ3) is 2.50. The van der Waals surface area contributed by atoms with E-state index in [-0.39, 0.29) is 5.82 Å². The van der Waals surface area contributed by atoms with E-state index >= 15 is 0 Å². The summed E-state index contributed by atoms with van der Waals surface area (Å²) in [7, 11) is 0. The van der Waals surface area contributed by atoms with E-state index in [0.29, 0.717) is 5.56 Å². The predicted octanol–water partition coefficient (Wildman–Crippen LogP) is 3.39. The monoisotopic (exact) mass is 199 g/mol. The summed E-state index contributed by atoms with van der Waals surface area (Å²) in [6.07, 6.45) is 6.41. The van der Waals surface area contributed by atoms with Crippen molar-refractivity contribution in [1.82, 2.24) is 4.98 Å². The second-order valence-electron chi connectivity index (χ2n) is 3.14. The average molecular weight is 199 g/mol. The molecular weight excluding hydrogens is 189 g/mol. The molecule has 1 aromatic heterocycles. The van der Waals surface area contributed by atoms with Crippen LogP contribution in [0.2, 0.25) is 0 Å². The van der Waals surface area contributed by atoms with Crippen molar-refractivity contribution in [2.24, 2.45) is 0 Å². The summed E-state index contributed by atoms with van der Waals surface area (Å²) in [6.45, 7) is 0. The Balaban J connectivity index is 2.23. The van der Waals surface area contributed by atoms with Crippen LogP contribution in [0.3, 0.4) is 0 Å². The van der Waals surface area contributed by atoms with Crippen LogP contribution in [0, 0.1) is 5.82 Å². The molecular formula is C13H10FN. The van der Waals surface area contributed by atoms with E-state index in [1.165, 1.54) is 6.20 Å². The molecule has 0 aliphatic heterocycles. The van der Waals surface area contributed by atoms with Gasteiger partial charge in [0.05, 0.1) is 6.20 Å². The van der Waals surface area contributed by atoms with Gasteiger partial charge in [-0.2, -0.15) is 0 Å². The third-order valence-corrected chi connectivity index (χ3v) is 2.06. The van der Waals surface area contributed by atoms with Crippen LogP contribution in [0.15, 0.2) is 48.8 Å². The fourth-order valence-electron chi connectivity index (χ4n) is 1.27. The first-order valence-corrected chi connectivity index (χ1v) is 4.69. The summed E-state index contributed by atoms with van der Waals surface area (Å²) in [6, 6.07) is 11.4. The molecule has 15 heavy (non-hydrogen) atoms. The van der Waals surface area contributed by atoms with Crippen molar-refractivity contribution in [3.05, 3.63) is 65.7 Å². The first kappa shape index (κ1) is 9.59. The maximum absolute atomic E-state index is 13.2. The molecule has 0 aliphatic rings. The molecule has 0 saturated carbocycles. The Morgan fingerprint density at radius 1 is 1.00 bits per heavy atom. The lowest BCUT2D eigenvalue weighted by Crippen LogP contribution is -1.82. The molecule has 2 heteroatoms. The van der Waals surface area contributed by atoms with Crippen LogP contribution in [0.1, 0.15) is 11.1 Å². The third-order valence-electron chi connectivity index (χ3n) is 2.06. The van der Waals surface area contributed by atoms with Gasteiger partial charge in [-0.05, 0) is 11.6 Å². The number of aromatic nitrogens is 1. The minimum Gasteiger partial charge on any atom is -0.262 e. The van der Waals surface area contributed by atoms with Gasteiger partial charge in [-0.15, -0.1) is 0 Å². The number of hydrogen-bond donors (Lipinski definition) is 0. The lowest BCUT2D eigenvalue weighted by Gasteiger charge is -1.95. The number of nitrogens with zero attached hydrogens (tertiary/aromatic N) is 1. The van der Waals surface area contributed by atoms with Gasteiger partial charge in [0.1, 0.15) is 5.82 Å². The second kappa shape index (κ2) is 4.51. The topological polar surface area (TPSA) is 12.9 Å². The van der Waals surface area contributed by atoms with E-state index < -0.39 is 0 Å². The highest BCUT2D eigenvalue weighted by atomic mass is 19.1. The van der Waals surface area contributed by atoms with Crippen LogP contribution >= 0.6 is 0 Å². The fraction of sp³-hybridized carbons (Fsp3) is 0. The van der Waals surface area contributed by atoms with Crippen molar-refractivity contribution in [2.45, 2.75) is 0 Å². The smallest absolute Gasteiger partial charge is 0.148 e. The van der Waals surface area contributed by atoms with Crippen LogP contribution in [-0.2, 0) is 0 Å². The van der Waals surface area contributed by atoms with E-state index in [9.17, 15) is 4.39 Å². The molecule has 0 spiro atoms. The second-order valence-corrected chi connectivity index (χ2v) is 3.14. The summed E-state index contributed by atoms with van der Waals surface area (Å²) >= 11 is 0. The highest BCUT2D eigenvalue weighted by Gasteiger charge is 1.95. The Kier molecular flexibility index (Phi) is 2.88. The van der Waals surface area contributed by atoms with Crippen LogP contribution in [0.4, 0.5) is 4.39 Å². The number of hydrogen-bond acceptors (Lipinski definition) is 1. The molecule has 2 rings (SSSR count). The van der Waals surface area contributed by atoms with Crippen LogP contribution in [0.25, 0.3) is 12.2 Å². The zero-order valence-electron chi connectivity index (χ0n) is 8.10. The normalized spacial score (nSPS) is 10.7. The van der Waals surface area contributed by atoms with Crippen molar-refractivity contribution in [1.29, 1.82) is 0 Å². The summed E-state index contributed by atoms with van der Waals surface area (Å²) in [5.74, 6) is -0.301. The maximum Gasteiger partial charge on any atom is 0.148 e. The van der Waals surface area contributed by atoms with Gasteiger partial charge in [-0.25, -0.2) is 4.39 Å². The van der Waals surface area contributed by atoms with Gasteiger partial charge in [0.25, 0.3) is 0 Å². The van der Waals surface area contributed by atoms with Gasteiger partial charge in [0.2, 0.25) is 0 Å². The minimum atomic E-state index is -0.301. The van der Waals surface area contributed by atoms with Crippen molar-refractivity contribution in [3.63, 3.8) is 0 Å². The summed E-state index contributed by atoms with van der Waals surface area (Å²) < 4.78 is 13.2. The van der Waals surface area contributed by atoms with E-state index in [2.05, 4.69) is 4.98 Å². The van der Waals surface area contributed by atoms with Gasteiger partial charge in [0.15, 0.2) is 0 Å².